The average molecular weight is 306 g/mol. The monoisotopic (exact) mass is 306 g/mol. The van der Waals surface area contributed by atoms with Crippen LogP contribution in [0.2, 0.25) is 0 Å². The third kappa shape index (κ3) is 3.81. The maximum Gasteiger partial charge on any atom is 0.409 e. The number of halogens is 2. The smallest absolute Gasteiger partial charge is 0.409 e. The molecule has 0 aliphatic carbocycles. The zero-order chi connectivity index (χ0) is 15.6. The lowest BCUT2D eigenvalue weighted by molar-refractivity contribution is -0.144. The minimum atomic E-state index is -2.70. The number of likely N-dealkylation sites (tertiary alicyclic amines) is 2. The van der Waals surface area contributed by atoms with E-state index in [-0.39, 0.29) is 39.0 Å². The van der Waals surface area contributed by atoms with E-state index < -0.39 is 29.9 Å². The van der Waals surface area contributed by atoms with Crippen molar-refractivity contribution in [1.29, 1.82) is 0 Å². The molecule has 8 heteroatoms. The Morgan fingerprint density at radius 3 is 2.62 bits per heavy atom. The summed E-state index contributed by atoms with van der Waals surface area (Å²) in [6, 6.07) is -0.402. The molecule has 0 bridgehead atoms. The predicted molar refractivity (Wildman–Crippen MR) is 69.3 cm³/mol. The molecular formula is C13H20F2N2O4. The molecule has 2 atom stereocenters. The Bertz CT molecular complexity index is 419. The van der Waals surface area contributed by atoms with E-state index in [4.69, 9.17) is 9.84 Å². The van der Waals surface area contributed by atoms with Crippen molar-refractivity contribution in [3.63, 3.8) is 0 Å². The van der Waals surface area contributed by atoms with Crippen molar-refractivity contribution >= 4 is 12.1 Å². The van der Waals surface area contributed by atoms with Crippen LogP contribution >= 0.6 is 0 Å². The van der Waals surface area contributed by atoms with E-state index in [0.29, 0.717) is 6.42 Å². The summed E-state index contributed by atoms with van der Waals surface area (Å²) in [5.41, 5.74) is 0. The average Bonchev–Trinajstić information content (AvgIpc) is 2.77. The number of carboxylic acids is 1. The topological polar surface area (TPSA) is 70.1 Å². The van der Waals surface area contributed by atoms with E-state index >= 15 is 0 Å². The predicted octanol–water partition coefficient (Wildman–Crippen LogP) is 1.26. The molecule has 2 fully saturated rings. The van der Waals surface area contributed by atoms with Crippen molar-refractivity contribution in [3.8, 4) is 0 Å². The quantitative estimate of drug-likeness (QED) is 0.850. The summed E-state index contributed by atoms with van der Waals surface area (Å²) < 4.78 is 31.2. The van der Waals surface area contributed by atoms with Crippen LogP contribution in [0.15, 0.2) is 0 Å². The number of ether oxygens (including phenoxy) is 1. The number of carbonyl (C=O) groups excluding carboxylic acids is 1. The minimum absolute atomic E-state index is 0.194. The summed E-state index contributed by atoms with van der Waals surface area (Å²) >= 11 is 0. The summed E-state index contributed by atoms with van der Waals surface area (Å²) in [7, 11) is 1.26. The summed E-state index contributed by atoms with van der Waals surface area (Å²) in [5.74, 6) is -4.15. The Labute approximate surface area is 121 Å². The van der Waals surface area contributed by atoms with Crippen LogP contribution in [0.3, 0.4) is 0 Å². The molecule has 6 nitrogen and oxygen atoms in total. The molecule has 2 saturated heterocycles. The van der Waals surface area contributed by atoms with E-state index in [0.717, 1.165) is 0 Å². The fourth-order valence-corrected chi connectivity index (χ4v) is 3.07. The largest absolute Gasteiger partial charge is 0.481 e. The first kappa shape index (κ1) is 15.9. The molecule has 0 spiro atoms. The van der Waals surface area contributed by atoms with Gasteiger partial charge in [-0.1, -0.05) is 0 Å². The molecule has 2 heterocycles. The van der Waals surface area contributed by atoms with Crippen molar-refractivity contribution in [2.45, 2.75) is 31.2 Å². The van der Waals surface area contributed by atoms with Gasteiger partial charge in [0.15, 0.2) is 0 Å². The second kappa shape index (κ2) is 6.13. The lowest BCUT2D eigenvalue weighted by atomic mass is 9.91. The SMILES string of the molecule is COC(=O)N1CC[C@@H](C(=O)O)C[C@@H]1CN1CCC(F)(F)C1. The third-order valence-corrected chi connectivity index (χ3v) is 4.19. The van der Waals surface area contributed by atoms with Crippen LogP contribution in [-0.2, 0) is 9.53 Å². The first-order valence-corrected chi connectivity index (χ1v) is 7.00. The van der Waals surface area contributed by atoms with Gasteiger partial charge in [-0.25, -0.2) is 13.6 Å². The number of nitrogens with zero attached hydrogens (tertiary/aromatic N) is 2. The first-order chi connectivity index (χ1) is 9.82. The Morgan fingerprint density at radius 1 is 1.38 bits per heavy atom. The molecule has 0 aromatic rings. The van der Waals surface area contributed by atoms with E-state index in [1.807, 2.05) is 0 Å². The van der Waals surface area contributed by atoms with Crippen molar-refractivity contribution in [2.75, 3.05) is 33.3 Å². The van der Waals surface area contributed by atoms with Gasteiger partial charge < -0.3 is 14.7 Å². The van der Waals surface area contributed by atoms with Crippen LogP contribution in [0.4, 0.5) is 13.6 Å². The highest BCUT2D eigenvalue weighted by Gasteiger charge is 2.41. The second-order valence-corrected chi connectivity index (χ2v) is 5.72. The maximum absolute atomic E-state index is 13.2. The molecule has 2 aliphatic rings. The van der Waals surface area contributed by atoms with Gasteiger partial charge in [-0.15, -0.1) is 0 Å². The molecular weight excluding hydrogens is 286 g/mol. The van der Waals surface area contributed by atoms with Crippen LogP contribution in [0.1, 0.15) is 19.3 Å². The number of amides is 1. The maximum atomic E-state index is 13.2. The molecule has 0 radical (unpaired) electrons. The van der Waals surface area contributed by atoms with Crippen LogP contribution < -0.4 is 0 Å². The van der Waals surface area contributed by atoms with E-state index in [1.54, 1.807) is 4.90 Å². The van der Waals surface area contributed by atoms with Gasteiger partial charge in [0, 0.05) is 32.1 Å². The lowest BCUT2D eigenvalue weighted by Gasteiger charge is -2.39. The highest BCUT2D eigenvalue weighted by Crippen LogP contribution is 2.30. The van der Waals surface area contributed by atoms with Gasteiger partial charge in [0.2, 0.25) is 0 Å². The van der Waals surface area contributed by atoms with E-state index in [2.05, 4.69) is 0 Å². The van der Waals surface area contributed by atoms with Crippen LogP contribution in [-0.4, -0.2) is 72.2 Å². The summed E-state index contributed by atoms with van der Waals surface area (Å²) in [6.45, 7) is 0.458. The molecule has 0 aromatic carbocycles. The number of carbonyl (C=O) groups is 2. The standard InChI is InChI=1S/C13H20F2N2O4/c1-21-12(20)17-4-2-9(11(18)19)6-10(17)7-16-5-3-13(14,15)8-16/h9-10H,2-8H2,1H3,(H,18,19)/t9-,10-/m1/s1. The van der Waals surface area contributed by atoms with Gasteiger partial charge in [0.25, 0.3) is 5.92 Å². The fraction of sp³-hybridized carbons (Fsp3) is 0.846. The highest BCUT2D eigenvalue weighted by molar-refractivity contribution is 5.72. The van der Waals surface area contributed by atoms with Gasteiger partial charge in [0.1, 0.15) is 0 Å². The zero-order valence-electron chi connectivity index (χ0n) is 11.9. The summed E-state index contributed by atoms with van der Waals surface area (Å²) in [6.07, 6.45) is -0.0982. The Balaban J connectivity index is 2.03. The molecule has 0 saturated carbocycles. The van der Waals surface area contributed by atoms with Crippen LogP contribution in [0.5, 0.6) is 0 Å². The number of alkyl halides is 2. The zero-order valence-corrected chi connectivity index (χ0v) is 11.9. The van der Waals surface area contributed by atoms with Gasteiger partial charge in [-0.05, 0) is 12.8 Å². The number of piperidine rings is 1. The van der Waals surface area contributed by atoms with Crippen LogP contribution in [0.25, 0.3) is 0 Å². The summed E-state index contributed by atoms with van der Waals surface area (Å²) in [5, 5.41) is 9.11. The second-order valence-electron chi connectivity index (χ2n) is 5.72. The number of rotatable bonds is 3. The molecule has 2 aliphatic heterocycles. The third-order valence-electron chi connectivity index (χ3n) is 4.19. The van der Waals surface area contributed by atoms with Crippen molar-refractivity contribution < 1.29 is 28.2 Å². The van der Waals surface area contributed by atoms with E-state index in [9.17, 15) is 18.4 Å². The minimum Gasteiger partial charge on any atom is -0.481 e. The Kier molecular flexibility index (Phi) is 4.65. The normalized spacial score (nSPS) is 29.4. The van der Waals surface area contributed by atoms with Gasteiger partial charge >= 0.3 is 12.1 Å². The Hall–Kier alpha value is -1.44. The molecule has 0 unspecified atom stereocenters. The highest BCUT2D eigenvalue weighted by atomic mass is 19.3. The van der Waals surface area contributed by atoms with Crippen molar-refractivity contribution in [1.82, 2.24) is 9.80 Å². The van der Waals surface area contributed by atoms with Gasteiger partial charge in [0.05, 0.1) is 19.6 Å². The number of carboxylic acid groups (broad SMARTS) is 1. The molecule has 1 amide bonds. The van der Waals surface area contributed by atoms with Crippen molar-refractivity contribution in [3.05, 3.63) is 0 Å². The Morgan fingerprint density at radius 2 is 2.10 bits per heavy atom. The number of hydrogen-bond acceptors (Lipinski definition) is 4. The van der Waals surface area contributed by atoms with Gasteiger partial charge in [-0.3, -0.25) is 9.69 Å². The molecule has 2 rings (SSSR count). The molecule has 120 valence electrons. The number of aliphatic carboxylic acids is 1. The first-order valence-electron chi connectivity index (χ1n) is 7.00. The number of hydrogen-bond donors (Lipinski definition) is 1. The number of methoxy groups -OCH3 is 1. The van der Waals surface area contributed by atoms with Crippen LogP contribution in [0, 0.1) is 5.92 Å². The molecule has 21 heavy (non-hydrogen) atoms. The molecule has 0 aromatic heterocycles. The van der Waals surface area contributed by atoms with Gasteiger partial charge in [-0.2, -0.15) is 0 Å². The lowest BCUT2D eigenvalue weighted by Crippen LogP contribution is -2.52. The summed E-state index contributed by atoms with van der Waals surface area (Å²) in [4.78, 5) is 25.9. The van der Waals surface area contributed by atoms with Crippen molar-refractivity contribution in [2.24, 2.45) is 5.92 Å². The molecule has 1 N–H and O–H groups in total. The fourth-order valence-electron chi connectivity index (χ4n) is 3.07. The van der Waals surface area contributed by atoms with E-state index in [1.165, 1.54) is 12.0 Å².